The van der Waals surface area contributed by atoms with Gasteiger partial charge in [-0.3, -0.25) is 0 Å². The molecule has 0 spiro atoms. The second-order valence-corrected chi connectivity index (χ2v) is 1.96. The van der Waals surface area contributed by atoms with E-state index in [4.69, 9.17) is 0 Å². The SMILES string of the molecule is O=C1NCC(CS)O1. The molecule has 3 nitrogen and oxygen atoms in total. The van der Waals surface area contributed by atoms with E-state index in [9.17, 15) is 4.79 Å². The second kappa shape index (κ2) is 2.26. The number of alkyl carbamates (subject to hydrolysis) is 1. The summed E-state index contributed by atoms with van der Waals surface area (Å²) in [5.74, 6) is 0.596. The Morgan fingerprint density at radius 3 is 3.00 bits per heavy atom. The highest BCUT2D eigenvalue weighted by Gasteiger charge is 2.19. The number of rotatable bonds is 1. The highest BCUT2D eigenvalue weighted by Crippen LogP contribution is 1.99. The Kier molecular flexibility index (Phi) is 1.62. The van der Waals surface area contributed by atoms with Gasteiger partial charge in [0.25, 0.3) is 0 Å². The van der Waals surface area contributed by atoms with Gasteiger partial charge in [-0.15, -0.1) is 0 Å². The van der Waals surface area contributed by atoms with Crippen LogP contribution in [0.4, 0.5) is 4.79 Å². The molecule has 0 bridgehead atoms. The quantitative estimate of drug-likeness (QED) is 0.495. The first-order chi connectivity index (χ1) is 3.83. The third-order valence-corrected chi connectivity index (χ3v) is 1.36. The maximum absolute atomic E-state index is 10.2. The number of carbonyl (C=O) groups excluding carboxylic acids is 1. The summed E-state index contributed by atoms with van der Waals surface area (Å²) in [4.78, 5) is 10.2. The minimum atomic E-state index is -0.330. The minimum absolute atomic E-state index is 0.0224. The summed E-state index contributed by atoms with van der Waals surface area (Å²) in [6, 6.07) is 0. The Balaban J connectivity index is 2.32. The van der Waals surface area contributed by atoms with Gasteiger partial charge in [-0.1, -0.05) is 0 Å². The molecule has 1 amide bonds. The molecule has 1 saturated heterocycles. The predicted molar refractivity (Wildman–Crippen MR) is 32.1 cm³/mol. The number of nitrogens with one attached hydrogen (secondary N) is 1. The molecule has 0 aromatic heterocycles. The fraction of sp³-hybridized carbons (Fsp3) is 0.750. The van der Waals surface area contributed by atoms with Gasteiger partial charge in [0.1, 0.15) is 6.10 Å². The van der Waals surface area contributed by atoms with Gasteiger partial charge in [0, 0.05) is 5.75 Å². The van der Waals surface area contributed by atoms with E-state index in [0.29, 0.717) is 12.3 Å². The highest BCUT2D eigenvalue weighted by atomic mass is 32.1. The van der Waals surface area contributed by atoms with E-state index < -0.39 is 0 Å². The number of cyclic esters (lactones) is 1. The monoisotopic (exact) mass is 133 g/mol. The predicted octanol–water partition coefficient (Wildman–Crippen LogP) is 0.0246. The average Bonchev–Trinajstić information content (AvgIpc) is 2.14. The van der Waals surface area contributed by atoms with Crippen LogP contribution in [0, 0.1) is 0 Å². The lowest BCUT2D eigenvalue weighted by Crippen LogP contribution is -2.15. The molecule has 1 N–H and O–H groups in total. The van der Waals surface area contributed by atoms with Crippen molar-refractivity contribution in [2.24, 2.45) is 0 Å². The van der Waals surface area contributed by atoms with Crippen molar-refractivity contribution in [3.8, 4) is 0 Å². The van der Waals surface area contributed by atoms with Crippen LogP contribution in [0.15, 0.2) is 0 Å². The van der Waals surface area contributed by atoms with Crippen LogP contribution in [0.25, 0.3) is 0 Å². The van der Waals surface area contributed by atoms with Crippen molar-refractivity contribution in [2.45, 2.75) is 6.10 Å². The molecule has 1 heterocycles. The molecule has 46 valence electrons. The number of hydrogen-bond acceptors (Lipinski definition) is 3. The van der Waals surface area contributed by atoms with Crippen molar-refractivity contribution in [3.05, 3.63) is 0 Å². The zero-order chi connectivity index (χ0) is 5.98. The molecule has 1 aliphatic heterocycles. The molecule has 1 fully saturated rings. The average molecular weight is 133 g/mol. The van der Waals surface area contributed by atoms with E-state index in [1.165, 1.54) is 0 Å². The number of hydrogen-bond donors (Lipinski definition) is 2. The summed E-state index contributed by atoms with van der Waals surface area (Å²) in [5, 5.41) is 2.51. The molecule has 1 unspecified atom stereocenters. The number of amides is 1. The molecule has 0 radical (unpaired) electrons. The van der Waals surface area contributed by atoms with Crippen LogP contribution in [-0.4, -0.2) is 24.5 Å². The Labute approximate surface area is 52.8 Å². The zero-order valence-corrected chi connectivity index (χ0v) is 5.15. The molecular formula is C4H7NO2S. The Bertz CT molecular complexity index is 106. The molecule has 1 atom stereocenters. The molecular weight excluding hydrogens is 126 g/mol. The maximum Gasteiger partial charge on any atom is 0.407 e. The summed E-state index contributed by atoms with van der Waals surface area (Å²) >= 11 is 3.94. The van der Waals surface area contributed by atoms with E-state index >= 15 is 0 Å². The standard InChI is InChI=1S/C4H7NO2S/c6-4-5-1-3(2-8)7-4/h3,8H,1-2H2,(H,5,6). The topological polar surface area (TPSA) is 38.3 Å². The number of thiol groups is 1. The Morgan fingerprint density at radius 2 is 2.75 bits per heavy atom. The molecule has 0 aromatic carbocycles. The minimum Gasteiger partial charge on any atom is -0.443 e. The van der Waals surface area contributed by atoms with Gasteiger partial charge in [0.2, 0.25) is 0 Å². The van der Waals surface area contributed by atoms with Gasteiger partial charge in [0.05, 0.1) is 6.54 Å². The smallest absolute Gasteiger partial charge is 0.407 e. The fourth-order valence-corrected chi connectivity index (χ4v) is 0.737. The van der Waals surface area contributed by atoms with E-state index in [-0.39, 0.29) is 12.2 Å². The van der Waals surface area contributed by atoms with Crippen LogP contribution in [-0.2, 0) is 4.74 Å². The summed E-state index contributed by atoms with van der Waals surface area (Å²) in [6.45, 7) is 0.600. The van der Waals surface area contributed by atoms with Crippen LogP contribution < -0.4 is 5.32 Å². The van der Waals surface area contributed by atoms with Gasteiger partial charge in [-0.25, -0.2) is 4.79 Å². The molecule has 1 aliphatic rings. The molecule has 0 aliphatic carbocycles. The van der Waals surface area contributed by atoms with Crippen molar-refractivity contribution in [3.63, 3.8) is 0 Å². The van der Waals surface area contributed by atoms with Crippen LogP contribution in [0.5, 0.6) is 0 Å². The van der Waals surface area contributed by atoms with Crippen LogP contribution in [0.2, 0.25) is 0 Å². The Hall–Kier alpha value is -0.380. The number of carbonyl (C=O) groups is 1. The molecule has 0 aromatic rings. The van der Waals surface area contributed by atoms with Gasteiger partial charge in [0.15, 0.2) is 0 Å². The third-order valence-electron chi connectivity index (χ3n) is 0.951. The largest absolute Gasteiger partial charge is 0.443 e. The molecule has 8 heavy (non-hydrogen) atoms. The lowest BCUT2D eigenvalue weighted by atomic mass is 10.4. The first-order valence-electron chi connectivity index (χ1n) is 2.38. The zero-order valence-electron chi connectivity index (χ0n) is 4.26. The second-order valence-electron chi connectivity index (χ2n) is 1.59. The van der Waals surface area contributed by atoms with E-state index in [2.05, 4.69) is 22.7 Å². The fourth-order valence-electron chi connectivity index (χ4n) is 0.534. The van der Waals surface area contributed by atoms with Crippen molar-refractivity contribution >= 4 is 18.7 Å². The van der Waals surface area contributed by atoms with Crippen LogP contribution >= 0.6 is 12.6 Å². The van der Waals surface area contributed by atoms with Crippen molar-refractivity contribution < 1.29 is 9.53 Å². The van der Waals surface area contributed by atoms with Crippen LogP contribution in [0.3, 0.4) is 0 Å². The first-order valence-corrected chi connectivity index (χ1v) is 3.01. The van der Waals surface area contributed by atoms with E-state index in [1.807, 2.05) is 0 Å². The molecule has 4 heteroatoms. The van der Waals surface area contributed by atoms with E-state index in [0.717, 1.165) is 0 Å². The van der Waals surface area contributed by atoms with Gasteiger partial charge in [-0.2, -0.15) is 12.6 Å². The summed E-state index contributed by atoms with van der Waals surface area (Å²) in [5.41, 5.74) is 0. The van der Waals surface area contributed by atoms with Crippen molar-refractivity contribution in [1.82, 2.24) is 5.32 Å². The lowest BCUT2D eigenvalue weighted by molar-refractivity contribution is 0.150. The van der Waals surface area contributed by atoms with Gasteiger partial charge < -0.3 is 10.1 Å². The lowest BCUT2D eigenvalue weighted by Gasteiger charge is -1.98. The molecule has 0 saturated carbocycles. The maximum atomic E-state index is 10.2. The summed E-state index contributed by atoms with van der Waals surface area (Å²) < 4.78 is 4.68. The summed E-state index contributed by atoms with van der Waals surface area (Å²) in [7, 11) is 0. The third kappa shape index (κ3) is 1.06. The van der Waals surface area contributed by atoms with Gasteiger partial charge in [-0.05, 0) is 0 Å². The molecule has 1 rings (SSSR count). The Morgan fingerprint density at radius 1 is 2.00 bits per heavy atom. The summed E-state index contributed by atoms with van der Waals surface area (Å²) in [6.07, 6.45) is -0.352. The first kappa shape index (κ1) is 5.75. The van der Waals surface area contributed by atoms with Gasteiger partial charge >= 0.3 is 6.09 Å². The highest BCUT2D eigenvalue weighted by molar-refractivity contribution is 7.80. The normalized spacial score (nSPS) is 27.1. The van der Waals surface area contributed by atoms with Crippen molar-refractivity contribution in [1.29, 1.82) is 0 Å². The van der Waals surface area contributed by atoms with Crippen LogP contribution in [0.1, 0.15) is 0 Å². The number of ether oxygens (including phenoxy) is 1. The van der Waals surface area contributed by atoms with E-state index in [1.54, 1.807) is 0 Å². The van der Waals surface area contributed by atoms with Crippen molar-refractivity contribution in [2.75, 3.05) is 12.3 Å².